The van der Waals surface area contributed by atoms with E-state index < -0.39 is 35.7 Å². The number of piperidine rings is 1. The van der Waals surface area contributed by atoms with Gasteiger partial charge in [0.2, 0.25) is 0 Å². The molecule has 0 aliphatic carbocycles. The van der Waals surface area contributed by atoms with E-state index >= 15 is 0 Å². The van der Waals surface area contributed by atoms with Crippen molar-refractivity contribution in [1.82, 2.24) is 29.7 Å². The Bertz CT molecular complexity index is 1270. The maximum Gasteiger partial charge on any atom is 0.407 e. The van der Waals surface area contributed by atoms with E-state index in [0.717, 1.165) is 6.42 Å². The van der Waals surface area contributed by atoms with Crippen molar-refractivity contribution in [3.8, 4) is 0 Å². The predicted molar refractivity (Wildman–Crippen MR) is 150 cm³/mol. The number of nitrogen functional groups attached to an aromatic ring is 1. The third-order valence-electron chi connectivity index (χ3n) is 7.30. The van der Waals surface area contributed by atoms with E-state index in [1.165, 1.54) is 6.33 Å². The van der Waals surface area contributed by atoms with Crippen molar-refractivity contribution in [3.63, 3.8) is 0 Å². The highest BCUT2D eigenvalue weighted by Crippen LogP contribution is 2.45. The highest BCUT2D eigenvalue weighted by atomic mass is 32.2. The number of likely N-dealkylation sites (tertiary alicyclic amines) is 1. The second-order valence-corrected chi connectivity index (χ2v) is 13.3. The van der Waals surface area contributed by atoms with E-state index in [4.69, 9.17) is 24.7 Å². The molecule has 5 rings (SSSR count). The highest BCUT2D eigenvalue weighted by Gasteiger charge is 2.56. The first kappa shape index (κ1) is 29.8. The number of aromatic nitrogens is 4. The zero-order valence-electron chi connectivity index (χ0n) is 24.0. The first-order valence-electron chi connectivity index (χ1n) is 13.8. The third-order valence-corrected chi connectivity index (χ3v) is 8.72. The lowest BCUT2D eigenvalue weighted by atomic mass is 10.0. The number of rotatable bonds is 8. The Labute approximate surface area is 242 Å². The van der Waals surface area contributed by atoms with Gasteiger partial charge in [0, 0.05) is 30.6 Å². The van der Waals surface area contributed by atoms with Gasteiger partial charge in [-0.1, -0.05) is 0 Å². The largest absolute Gasteiger partial charge is 0.480 e. The number of imidazole rings is 1. The lowest BCUT2D eigenvalue weighted by molar-refractivity contribution is -0.193. The fourth-order valence-electron chi connectivity index (χ4n) is 5.58. The van der Waals surface area contributed by atoms with Gasteiger partial charge < -0.3 is 35.1 Å². The molecule has 3 aliphatic heterocycles. The number of nitrogens with two attached hydrogens (primary N) is 1. The van der Waals surface area contributed by atoms with Gasteiger partial charge in [-0.15, -0.1) is 0 Å². The number of fused-ring (bicyclic) bond motifs is 2. The third kappa shape index (κ3) is 6.69. The Kier molecular flexibility index (Phi) is 8.36. The maximum absolute atomic E-state index is 12.1. The van der Waals surface area contributed by atoms with Crippen LogP contribution in [0.3, 0.4) is 0 Å². The van der Waals surface area contributed by atoms with Crippen LogP contribution >= 0.6 is 11.8 Å². The summed E-state index contributed by atoms with van der Waals surface area (Å²) in [5.74, 6) is -0.748. The van der Waals surface area contributed by atoms with Crippen LogP contribution in [-0.2, 0) is 23.7 Å². The molecule has 3 aliphatic rings. The van der Waals surface area contributed by atoms with Crippen molar-refractivity contribution in [2.75, 3.05) is 31.1 Å². The molecule has 0 saturated carbocycles. The number of hydrogen-bond donors (Lipinski definition) is 3. The summed E-state index contributed by atoms with van der Waals surface area (Å²) in [5, 5.41) is 12.8. The number of carboxylic acids is 1. The highest BCUT2D eigenvalue weighted by molar-refractivity contribution is 7.99. The van der Waals surface area contributed by atoms with Crippen LogP contribution < -0.4 is 11.1 Å². The van der Waals surface area contributed by atoms with Crippen molar-refractivity contribution >= 4 is 40.8 Å². The molecule has 0 radical (unpaired) electrons. The Morgan fingerprint density at radius 1 is 1.24 bits per heavy atom. The number of thioether (sulfide) groups is 1. The van der Waals surface area contributed by atoms with Gasteiger partial charge in [-0.05, 0) is 47.5 Å². The minimum Gasteiger partial charge on any atom is -0.480 e. The molecule has 0 bridgehead atoms. The molecule has 0 aromatic carbocycles. The lowest BCUT2D eigenvalue weighted by Crippen LogP contribution is -2.50. The fourth-order valence-corrected chi connectivity index (χ4v) is 6.90. The van der Waals surface area contributed by atoms with Crippen molar-refractivity contribution in [3.05, 3.63) is 12.7 Å². The summed E-state index contributed by atoms with van der Waals surface area (Å²) in [6.45, 7) is 10.5. The molecule has 3 fully saturated rings. The van der Waals surface area contributed by atoms with Crippen LogP contribution in [0.5, 0.6) is 0 Å². The molecule has 5 heterocycles. The van der Waals surface area contributed by atoms with E-state index in [1.807, 2.05) is 23.3 Å². The smallest absolute Gasteiger partial charge is 0.407 e. The molecule has 0 spiro atoms. The molecule has 6 atom stereocenters. The number of nitrogens with one attached hydrogen (secondary N) is 1. The van der Waals surface area contributed by atoms with Crippen LogP contribution in [0.2, 0.25) is 0 Å². The normalized spacial score (nSPS) is 29.9. The minimum atomic E-state index is -0.868. The number of aliphatic carboxylic acids is 1. The number of ether oxygens (including phenoxy) is 4. The molecule has 2 aromatic heterocycles. The van der Waals surface area contributed by atoms with Crippen molar-refractivity contribution in [2.24, 2.45) is 0 Å². The molecular weight excluding hydrogens is 554 g/mol. The zero-order chi connectivity index (χ0) is 29.5. The van der Waals surface area contributed by atoms with Crippen LogP contribution in [0.1, 0.15) is 53.7 Å². The van der Waals surface area contributed by atoms with E-state index in [-0.39, 0.29) is 23.6 Å². The van der Waals surface area contributed by atoms with Gasteiger partial charge in [0.15, 0.2) is 23.5 Å². The van der Waals surface area contributed by atoms with Crippen molar-refractivity contribution in [1.29, 1.82) is 0 Å². The SMILES string of the molecule is CC(C)(C)OC(=O)NCCN1CC[C@@H](SC[C@H]2O[C@@H](n3cnc4c(N)ncnc43)[C@@H]3OC(C)(C)O[C@@H]32)C[C@@H]1C(=O)O. The first-order chi connectivity index (χ1) is 19.3. The summed E-state index contributed by atoms with van der Waals surface area (Å²) in [6, 6.07) is -0.640. The van der Waals surface area contributed by atoms with Gasteiger partial charge in [-0.25, -0.2) is 19.7 Å². The fraction of sp³-hybridized carbons (Fsp3) is 0.731. The first-order valence-corrected chi connectivity index (χ1v) is 14.9. The summed E-state index contributed by atoms with van der Waals surface area (Å²) < 4.78 is 26.1. The van der Waals surface area contributed by atoms with Crippen LogP contribution in [0.15, 0.2) is 12.7 Å². The van der Waals surface area contributed by atoms with Gasteiger partial charge in [-0.3, -0.25) is 14.3 Å². The van der Waals surface area contributed by atoms with Gasteiger partial charge in [0.05, 0.1) is 12.4 Å². The Balaban J connectivity index is 1.19. The van der Waals surface area contributed by atoms with Gasteiger partial charge in [-0.2, -0.15) is 11.8 Å². The average Bonchev–Trinajstić information content (AvgIpc) is 3.53. The molecule has 3 saturated heterocycles. The van der Waals surface area contributed by atoms with Crippen molar-refractivity contribution in [2.45, 2.75) is 94.7 Å². The van der Waals surface area contributed by atoms with Gasteiger partial charge in [0.1, 0.15) is 35.7 Å². The quantitative estimate of drug-likeness (QED) is 0.405. The van der Waals surface area contributed by atoms with Crippen LogP contribution in [-0.4, -0.2) is 108 Å². The van der Waals surface area contributed by atoms with E-state index in [9.17, 15) is 14.7 Å². The second-order valence-electron chi connectivity index (χ2n) is 12.0. The zero-order valence-corrected chi connectivity index (χ0v) is 24.8. The number of carbonyl (C=O) groups excluding carboxylic acids is 1. The number of nitrogens with zero attached hydrogens (tertiary/aromatic N) is 5. The molecule has 0 unspecified atom stereocenters. The van der Waals surface area contributed by atoms with Gasteiger partial charge in [0.25, 0.3) is 0 Å². The van der Waals surface area contributed by atoms with Crippen molar-refractivity contribution < 1.29 is 33.6 Å². The number of anilines is 1. The Morgan fingerprint density at radius 2 is 2.00 bits per heavy atom. The van der Waals surface area contributed by atoms with Gasteiger partial charge >= 0.3 is 12.1 Å². The Hall–Kier alpha value is -2.72. The Morgan fingerprint density at radius 3 is 2.73 bits per heavy atom. The molecular formula is C26H39N7O7S. The topological polar surface area (TPSA) is 176 Å². The molecule has 14 nitrogen and oxygen atoms in total. The van der Waals surface area contributed by atoms with E-state index in [2.05, 4.69) is 20.3 Å². The summed E-state index contributed by atoms with van der Waals surface area (Å²) in [4.78, 5) is 38.7. The summed E-state index contributed by atoms with van der Waals surface area (Å²) in [5.41, 5.74) is 6.45. The van der Waals surface area contributed by atoms with Crippen LogP contribution in [0.4, 0.5) is 10.6 Å². The number of amides is 1. The number of hydrogen-bond acceptors (Lipinski definition) is 12. The standard InChI is InChI=1S/C26H39N7O7S/c1-25(2,3)40-24(36)28-7-9-32-8-6-14(10-15(32)23(34)35)41-11-16-18-19(39-26(4,5)38-18)22(37-16)33-13-31-17-20(27)29-12-30-21(17)33/h12-16,18-19,22H,6-11H2,1-5H3,(H,28,36)(H,34,35)(H2,27,29,30)/t14-,15-,16-,18-,19-,22-/m1/s1. The maximum atomic E-state index is 12.1. The van der Waals surface area contributed by atoms with E-state index in [0.29, 0.717) is 48.8 Å². The number of alkyl carbamates (subject to hydrolysis) is 1. The number of carboxylic acid groups (broad SMARTS) is 1. The summed E-state index contributed by atoms with van der Waals surface area (Å²) >= 11 is 1.70. The number of carbonyl (C=O) groups is 2. The predicted octanol–water partition coefficient (Wildman–Crippen LogP) is 2.00. The molecule has 4 N–H and O–H groups in total. The summed E-state index contributed by atoms with van der Waals surface area (Å²) in [7, 11) is 0. The minimum absolute atomic E-state index is 0.129. The lowest BCUT2D eigenvalue weighted by Gasteiger charge is -2.37. The van der Waals surface area contributed by atoms with Crippen LogP contribution in [0, 0.1) is 0 Å². The van der Waals surface area contributed by atoms with Crippen LogP contribution in [0.25, 0.3) is 11.2 Å². The molecule has 41 heavy (non-hydrogen) atoms. The monoisotopic (exact) mass is 593 g/mol. The molecule has 226 valence electrons. The molecule has 1 amide bonds. The average molecular weight is 594 g/mol. The summed E-state index contributed by atoms with van der Waals surface area (Å²) in [6.07, 6.45) is 2.33. The second kappa shape index (κ2) is 11.5. The molecule has 15 heteroatoms. The molecule has 2 aromatic rings. The van der Waals surface area contributed by atoms with E-state index in [1.54, 1.807) is 38.9 Å².